The summed E-state index contributed by atoms with van der Waals surface area (Å²) in [5.74, 6) is -0.874. The van der Waals surface area contributed by atoms with Crippen LogP contribution < -0.4 is 0 Å². The van der Waals surface area contributed by atoms with Gasteiger partial charge in [0.2, 0.25) is 0 Å². The van der Waals surface area contributed by atoms with Crippen LogP contribution in [0.15, 0.2) is 30.3 Å². The third-order valence-corrected chi connectivity index (χ3v) is 5.04. The molecule has 1 aromatic rings. The highest BCUT2D eigenvalue weighted by atomic mass is 35.5. The number of hydrogen-bond donors (Lipinski definition) is 0. The van der Waals surface area contributed by atoms with Crippen molar-refractivity contribution < 1.29 is 19.1 Å². The standard InChI is InChI=1S/C20H29ClN2O4/c1-6-26-18(24)16-12-22(19(25)27-20(3,4)5)13-17(16)23(21)14(2)15-10-8-7-9-11-15/h7-11,14,16-17H,6,12-13H2,1-5H3/t14-,16-,17-/m1/s1. The van der Waals surface area contributed by atoms with E-state index in [1.54, 1.807) is 11.3 Å². The van der Waals surface area contributed by atoms with E-state index < -0.39 is 17.6 Å². The smallest absolute Gasteiger partial charge is 0.410 e. The molecule has 1 fully saturated rings. The summed E-state index contributed by atoms with van der Waals surface area (Å²) in [6.45, 7) is 9.98. The molecule has 0 aliphatic carbocycles. The van der Waals surface area contributed by atoms with Gasteiger partial charge in [-0.1, -0.05) is 30.3 Å². The van der Waals surface area contributed by atoms with Crippen LogP contribution in [0.4, 0.5) is 4.79 Å². The number of hydrogen-bond acceptors (Lipinski definition) is 5. The van der Waals surface area contributed by atoms with E-state index in [2.05, 4.69) is 0 Å². The molecule has 6 nitrogen and oxygen atoms in total. The van der Waals surface area contributed by atoms with Gasteiger partial charge >= 0.3 is 12.1 Å². The maximum Gasteiger partial charge on any atom is 0.410 e. The predicted octanol–water partition coefficient (Wildman–Crippen LogP) is 4.00. The highest BCUT2D eigenvalue weighted by Crippen LogP contribution is 2.33. The zero-order valence-corrected chi connectivity index (χ0v) is 17.4. The van der Waals surface area contributed by atoms with Gasteiger partial charge in [-0.3, -0.25) is 4.79 Å². The number of carbonyl (C=O) groups excluding carboxylic acids is 2. The third kappa shape index (κ3) is 5.59. The third-order valence-electron chi connectivity index (χ3n) is 4.50. The van der Waals surface area contributed by atoms with Crippen molar-refractivity contribution in [1.82, 2.24) is 9.32 Å². The van der Waals surface area contributed by atoms with Crippen molar-refractivity contribution in [1.29, 1.82) is 0 Å². The molecule has 2 rings (SSSR count). The van der Waals surface area contributed by atoms with E-state index in [9.17, 15) is 9.59 Å². The van der Waals surface area contributed by atoms with Crippen LogP contribution in [0.3, 0.4) is 0 Å². The van der Waals surface area contributed by atoms with E-state index in [0.29, 0.717) is 6.54 Å². The van der Waals surface area contributed by atoms with E-state index in [4.69, 9.17) is 21.3 Å². The Morgan fingerprint density at radius 3 is 2.44 bits per heavy atom. The normalized spacial score (nSPS) is 21.2. The first kappa shape index (κ1) is 21.5. The molecular weight excluding hydrogens is 368 g/mol. The number of benzene rings is 1. The number of carbonyl (C=O) groups is 2. The highest BCUT2D eigenvalue weighted by Gasteiger charge is 2.45. The summed E-state index contributed by atoms with van der Waals surface area (Å²) in [6, 6.07) is 9.31. The molecule has 1 amide bonds. The first-order chi connectivity index (χ1) is 12.6. The Hall–Kier alpha value is -1.79. The second-order valence-electron chi connectivity index (χ2n) is 7.74. The minimum Gasteiger partial charge on any atom is -0.466 e. The maximum atomic E-state index is 12.5. The van der Waals surface area contributed by atoms with Crippen molar-refractivity contribution in [3.63, 3.8) is 0 Å². The molecular formula is C20H29ClN2O4. The Kier molecular flexibility index (Phi) is 7.12. The molecule has 0 N–H and O–H groups in total. The van der Waals surface area contributed by atoms with Gasteiger partial charge in [0, 0.05) is 19.1 Å². The first-order valence-electron chi connectivity index (χ1n) is 9.27. The Morgan fingerprint density at radius 2 is 1.89 bits per heavy atom. The van der Waals surface area contributed by atoms with Crippen LogP contribution in [0.1, 0.15) is 46.2 Å². The van der Waals surface area contributed by atoms with Gasteiger partial charge in [0.25, 0.3) is 0 Å². The van der Waals surface area contributed by atoms with Crippen molar-refractivity contribution in [2.24, 2.45) is 5.92 Å². The van der Waals surface area contributed by atoms with E-state index >= 15 is 0 Å². The summed E-state index contributed by atoms with van der Waals surface area (Å²) in [7, 11) is 0. The van der Waals surface area contributed by atoms with Gasteiger partial charge in [-0.25, -0.2) is 9.21 Å². The van der Waals surface area contributed by atoms with E-state index in [1.807, 2.05) is 58.0 Å². The van der Waals surface area contributed by atoms with Crippen LogP contribution in [0, 0.1) is 5.92 Å². The van der Waals surface area contributed by atoms with Gasteiger partial charge in [-0.05, 0) is 52.0 Å². The topological polar surface area (TPSA) is 59.1 Å². The molecule has 0 radical (unpaired) electrons. The second-order valence-corrected chi connectivity index (χ2v) is 8.13. The fraction of sp³-hybridized carbons (Fsp3) is 0.600. The molecule has 150 valence electrons. The van der Waals surface area contributed by atoms with Crippen LogP contribution in [-0.4, -0.2) is 52.7 Å². The van der Waals surface area contributed by atoms with Crippen molar-refractivity contribution in [2.45, 2.75) is 52.3 Å². The average molecular weight is 397 g/mol. The Labute approximate surface area is 166 Å². The van der Waals surface area contributed by atoms with E-state index in [0.717, 1.165) is 5.56 Å². The minimum absolute atomic E-state index is 0.131. The Bertz CT molecular complexity index is 647. The summed E-state index contributed by atoms with van der Waals surface area (Å²) in [5, 5.41) is 0. The number of amides is 1. The molecule has 1 aliphatic heterocycles. The average Bonchev–Trinajstić information content (AvgIpc) is 3.05. The largest absolute Gasteiger partial charge is 0.466 e. The monoisotopic (exact) mass is 396 g/mol. The Morgan fingerprint density at radius 1 is 1.26 bits per heavy atom. The zero-order chi connectivity index (χ0) is 20.2. The number of halogens is 1. The molecule has 0 aromatic heterocycles. The van der Waals surface area contributed by atoms with Crippen LogP contribution >= 0.6 is 11.8 Å². The van der Waals surface area contributed by atoms with Crippen LogP contribution in [0.5, 0.6) is 0 Å². The molecule has 0 saturated carbocycles. The number of ether oxygens (including phenoxy) is 2. The number of nitrogens with zero attached hydrogens (tertiary/aromatic N) is 2. The fourth-order valence-corrected chi connectivity index (χ4v) is 3.46. The summed E-state index contributed by atoms with van der Waals surface area (Å²) in [5.41, 5.74) is 0.429. The molecule has 27 heavy (non-hydrogen) atoms. The van der Waals surface area contributed by atoms with Gasteiger partial charge in [-0.15, -0.1) is 0 Å². The fourth-order valence-electron chi connectivity index (χ4n) is 3.15. The summed E-state index contributed by atoms with van der Waals surface area (Å²) in [6.07, 6.45) is -0.447. The molecule has 1 heterocycles. The van der Waals surface area contributed by atoms with Gasteiger partial charge in [0.05, 0.1) is 18.6 Å². The molecule has 0 unspecified atom stereocenters. The van der Waals surface area contributed by atoms with Gasteiger partial charge in [-0.2, -0.15) is 0 Å². The van der Waals surface area contributed by atoms with Crippen molar-refractivity contribution in [3.05, 3.63) is 35.9 Å². The van der Waals surface area contributed by atoms with E-state index in [-0.39, 0.29) is 31.2 Å². The number of likely N-dealkylation sites (tertiary alicyclic amines) is 1. The zero-order valence-electron chi connectivity index (χ0n) is 16.6. The first-order valence-corrected chi connectivity index (χ1v) is 9.61. The number of esters is 1. The second kappa shape index (κ2) is 8.93. The minimum atomic E-state index is -0.605. The molecule has 1 aromatic carbocycles. The Balaban J connectivity index is 2.19. The lowest BCUT2D eigenvalue weighted by atomic mass is 10.0. The molecule has 3 atom stereocenters. The predicted molar refractivity (Wildman–Crippen MR) is 104 cm³/mol. The van der Waals surface area contributed by atoms with Crippen LogP contribution in [-0.2, 0) is 14.3 Å². The van der Waals surface area contributed by atoms with Crippen LogP contribution in [0.2, 0.25) is 0 Å². The molecule has 1 saturated heterocycles. The number of rotatable bonds is 5. The van der Waals surface area contributed by atoms with Gasteiger partial charge < -0.3 is 14.4 Å². The summed E-state index contributed by atoms with van der Waals surface area (Å²) in [4.78, 5) is 26.5. The lowest BCUT2D eigenvalue weighted by molar-refractivity contribution is -0.148. The lowest BCUT2D eigenvalue weighted by Gasteiger charge is -2.30. The van der Waals surface area contributed by atoms with Crippen LogP contribution in [0.25, 0.3) is 0 Å². The van der Waals surface area contributed by atoms with E-state index in [1.165, 1.54) is 4.90 Å². The highest BCUT2D eigenvalue weighted by molar-refractivity contribution is 6.14. The lowest BCUT2D eigenvalue weighted by Crippen LogP contribution is -2.40. The summed E-state index contributed by atoms with van der Waals surface area (Å²) >= 11 is 6.66. The van der Waals surface area contributed by atoms with Crippen molar-refractivity contribution in [2.75, 3.05) is 19.7 Å². The molecule has 0 bridgehead atoms. The van der Waals surface area contributed by atoms with Crippen molar-refractivity contribution >= 4 is 23.8 Å². The molecule has 1 aliphatic rings. The summed E-state index contributed by atoms with van der Waals surface area (Å²) < 4.78 is 12.3. The van der Waals surface area contributed by atoms with Gasteiger partial charge in [0.1, 0.15) is 5.60 Å². The maximum absolute atomic E-state index is 12.5. The molecule has 7 heteroatoms. The SMILES string of the molecule is CCOC(=O)[C@@H]1CN(C(=O)OC(C)(C)C)C[C@H]1N(Cl)[C@H](C)c1ccccc1. The molecule has 0 spiro atoms. The quantitative estimate of drug-likeness (QED) is 0.556. The van der Waals surface area contributed by atoms with Crippen molar-refractivity contribution in [3.8, 4) is 0 Å². The van der Waals surface area contributed by atoms with Gasteiger partial charge in [0.15, 0.2) is 0 Å².